The zero-order chi connectivity index (χ0) is 15.9. The molecule has 0 aliphatic rings. The van der Waals surface area contributed by atoms with Crippen molar-refractivity contribution in [1.82, 2.24) is 5.32 Å². The molecule has 0 radical (unpaired) electrons. The highest BCUT2D eigenvalue weighted by Crippen LogP contribution is 2.11. The Bertz CT molecular complexity index is 641. The Kier molecular flexibility index (Phi) is 5.21. The van der Waals surface area contributed by atoms with Gasteiger partial charge in [0.05, 0.1) is 11.0 Å². The molecule has 0 saturated heterocycles. The molecule has 1 amide bonds. The molecule has 0 spiro atoms. The molecule has 1 atom stereocenters. The molecule has 0 unspecified atom stereocenters. The summed E-state index contributed by atoms with van der Waals surface area (Å²) in [7, 11) is 0. The van der Waals surface area contributed by atoms with Crippen LogP contribution in [0.1, 0.15) is 11.1 Å². The molecule has 2 rings (SSSR count). The average molecular weight is 299 g/mol. The molecule has 2 aromatic rings. The summed E-state index contributed by atoms with van der Waals surface area (Å²) in [5.74, 6) is -0.248. The highest BCUT2D eigenvalue weighted by Gasteiger charge is 2.13. The number of nitro groups is 1. The predicted molar refractivity (Wildman–Crippen MR) is 83.1 cm³/mol. The van der Waals surface area contributed by atoms with Crippen molar-refractivity contribution in [3.8, 4) is 0 Å². The second-order valence-corrected chi connectivity index (χ2v) is 4.94. The molecule has 0 heterocycles. The van der Waals surface area contributed by atoms with Crippen LogP contribution in [0.15, 0.2) is 54.6 Å². The number of carbonyl (C=O) groups is 1. The van der Waals surface area contributed by atoms with Crippen LogP contribution in [0.5, 0.6) is 0 Å². The highest BCUT2D eigenvalue weighted by atomic mass is 16.6. The van der Waals surface area contributed by atoms with Crippen LogP contribution in [-0.2, 0) is 17.8 Å². The van der Waals surface area contributed by atoms with Gasteiger partial charge in [-0.25, -0.2) is 0 Å². The minimum atomic E-state index is -0.625. The Hall–Kier alpha value is -2.73. The maximum Gasteiger partial charge on any atom is 0.269 e. The second kappa shape index (κ2) is 7.33. The van der Waals surface area contributed by atoms with Crippen molar-refractivity contribution in [2.45, 2.75) is 19.0 Å². The van der Waals surface area contributed by atoms with E-state index in [2.05, 4.69) is 5.32 Å². The van der Waals surface area contributed by atoms with Crippen LogP contribution in [-0.4, -0.2) is 16.9 Å². The summed E-state index contributed by atoms with van der Waals surface area (Å²) in [6, 6.07) is 15.0. The molecular formula is C16H17N3O3. The summed E-state index contributed by atoms with van der Waals surface area (Å²) in [6.45, 7) is 0.291. The third-order valence-electron chi connectivity index (χ3n) is 3.25. The number of carbonyl (C=O) groups excluding carboxylic acids is 1. The van der Waals surface area contributed by atoms with Gasteiger partial charge in [-0.05, 0) is 17.5 Å². The van der Waals surface area contributed by atoms with Crippen LogP contribution >= 0.6 is 0 Å². The van der Waals surface area contributed by atoms with E-state index in [4.69, 9.17) is 5.73 Å². The molecule has 2 aromatic carbocycles. The second-order valence-electron chi connectivity index (χ2n) is 4.94. The van der Waals surface area contributed by atoms with Gasteiger partial charge < -0.3 is 11.1 Å². The van der Waals surface area contributed by atoms with Gasteiger partial charge >= 0.3 is 0 Å². The fraction of sp³-hybridized carbons (Fsp3) is 0.188. The largest absolute Gasteiger partial charge is 0.351 e. The van der Waals surface area contributed by atoms with Crippen LogP contribution < -0.4 is 11.1 Å². The van der Waals surface area contributed by atoms with Gasteiger partial charge in [0.1, 0.15) is 0 Å². The fourth-order valence-corrected chi connectivity index (χ4v) is 2.02. The summed E-state index contributed by atoms with van der Waals surface area (Å²) < 4.78 is 0. The van der Waals surface area contributed by atoms with Crippen molar-refractivity contribution in [2.24, 2.45) is 5.73 Å². The van der Waals surface area contributed by atoms with Gasteiger partial charge in [-0.15, -0.1) is 0 Å². The lowest BCUT2D eigenvalue weighted by molar-refractivity contribution is -0.384. The number of amides is 1. The number of benzene rings is 2. The fourth-order valence-electron chi connectivity index (χ4n) is 2.02. The monoisotopic (exact) mass is 299 g/mol. The molecule has 0 aliphatic carbocycles. The number of nitro benzene ring substituents is 1. The van der Waals surface area contributed by atoms with Crippen molar-refractivity contribution in [2.75, 3.05) is 0 Å². The Morgan fingerprint density at radius 1 is 1.09 bits per heavy atom. The first-order valence-corrected chi connectivity index (χ1v) is 6.87. The van der Waals surface area contributed by atoms with E-state index in [0.717, 1.165) is 11.1 Å². The maximum atomic E-state index is 12.0. The predicted octanol–water partition coefficient (Wildman–Crippen LogP) is 1.78. The third kappa shape index (κ3) is 4.39. The molecule has 0 saturated carbocycles. The third-order valence-corrected chi connectivity index (χ3v) is 3.25. The lowest BCUT2D eigenvalue weighted by Gasteiger charge is -2.12. The summed E-state index contributed by atoms with van der Waals surface area (Å²) in [5.41, 5.74) is 7.68. The smallest absolute Gasteiger partial charge is 0.269 e. The molecular weight excluding hydrogens is 282 g/mol. The van der Waals surface area contributed by atoms with Crippen LogP contribution in [0.4, 0.5) is 5.69 Å². The van der Waals surface area contributed by atoms with E-state index in [1.54, 1.807) is 12.1 Å². The quantitative estimate of drug-likeness (QED) is 0.627. The zero-order valence-electron chi connectivity index (χ0n) is 11.9. The van der Waals surface area contributed by atoms with Gasteiger partial charge in [0.2, 0.25) is 5.91 Å². The number of nitrogens with one attached hydrogen (secondary N) is 1. The maximum absolute atomic E-state index is 12.0. The van der Waals surface area contributed by atoms with Gasteiger partial charge in [0.15, 0.2) is 0 Å². The van der Waals surface area contributed by atoms with Crippen molar-refractivity contribution >= 4 is 11.6 Å². The SMILES string of the molecule is N[C@@H](Cc1ccccc1)C(=O)NCc1ccc([N+](=O)[O-])cc1. The normalized spacial score (nSPS) is 11.7. The zero-order valence-corrected chi connectivity index (χ0v) is 11.9. The standard InChI is InChI=1S/C16H17N3O3/c17-15(10-12-4-2-1-3-5-12)16(20)18-11-13-6-8-14(9-7-13)19(21)22/h1-9,15H,10-11,17H2,(H,18,20)/t15-/m0/s1. The Balaban J connectivity index is 1.85. The van der Waals surface area contributed by atoms with E-state index in [1.165, 1.54) is 12.1 Å². The van der Waals surface area contributed by atoms with Crippen LogP contribution in [0.2, 0.25) is 0 Å². The molecule has 0 fully saturated rings. The van der Waals surface area contributed by atoms with Gasteiger partial charge in [-0.1, -0.05) is 42.5 Å². The average Bonchev–Trinajstić information content (AvgIpc) is 2.53. The van der Waals surface area contributed by atoms with Gasteiger partial charge in [-0.2, -0.15) is 0 Å². The first-order chi connectivity index (χ1) is 10.6. The molecule has 22 heavy (non-hydrogen) atoms. The lowest BCUT2D eigenvalue weighted by atomic mass is 10.1. The van der Waals surface area contributed by atoms with Crippen LogP contribution in [0, 0.1) is 10.1 Å². The van der Waals surface area contributed by atoms with Crippen molar-refractivity contribution < 1.29 is 9.72 Å². The van der Waals surface area contributed by atoms with E-state index in [9.17, 15) is 14.9 Å². The number of non-ortho nitro benzene ring substituents is 1. The van der Waals surface area contributed by atoms with Gasteiger partial charge in [0.25, 0.3) is 5.69 Å². The summed E-state index contributed by atoms with van der Waals surface area (Å²) in [4.78, 5) is 22.1. The van der Waals surface area contributed by atoms with Crippen molar-refractivity contribution in [1.29, 1.82) is 0 Å². The number of hydrogen-bond acceptors (Lipinski definition) is 4. The van der Waals surface area contributed by atoms with Crippen LogP contribution in [0.3, 0.4) is 0 Å². The first-order valence-electron chi connectivity index (χ1n) is 6.87. The highest BCUT2D eigenvalue weighted by molar-refractivity contribution is 5.81. The summed E-state index contributed by atoms with van der Waals surface area (Å²) >= 11 is 0. The van der Waals surface area contributed by atoms with Crippen LogP contribution in [0.25, 0.3) is 0 Å². The van der Waals surface area contributed by atoms with E-state index >= 15 is 0 Å². The minimum absolute atomic E-state index is 0.0239. The van der Waals surface area contributed by atoms with E-state index in [0.29, 0.717) is 13.0 Å². The topological polar surface area (TPSA) is 98.3 Å². The summed E-state index contributed by atoms with van der Waals surface area (Å²) in [6.07, 6.45) is 0.465. The van der Waals surface area contributed by atoms with Crippen molar-refractivity contribution in [3.05, 3.63) is 75.8 Å². The van der Waals surface area contributed by atoms with E-state index < -0.39 is 11.0 Å². The Labute approximate surface area is 128 Å². The first kappa shape index (κ1) is 15.7. The number of hydrogen-bond donors (Lipinski definition) is 2. The molecule has 0 aliphatic heterocycles. The molecule has 3 N–H and O–H groups in total. The molecule has 6 nitrogen and oxygen atoms in total. The molecule has 6 heteroatoms. The van der Waals surface area contributed by atoms with Crippen molar-refractivity contribution in [3.63, 3.8) is 0 Å². The van der Waals surface area contributed by atoms with Gasteiger partial charge in [0, 0.05) is 18.7 Å². The number of rotatable bonds is 6. The molecule has 0 bridgehead atoms. The van der Waals surface area contributed by atoms with E-state index in [1.807, 2.05) is 30.3 Å². The number of nitrogens with two attached hydrogens (primary N) is 1. The van der Waals surface area contributed by atoms with E-state index in [-0.39, 0.29) is 11.6 Å². The number of nitrogens with zero attached hydrogens (tertiary/aromatic N) is 1. The summed E-state index contributed by atoms with van der Waals surface area (Å²) in [5, 5.41) is 13.3. The molecule has 0 aromatic heterocycles. The molecule has 114 valence electrons. The van der Waals surface area contributed by atoms with Gasteiger partial charge in [-0.3, -0.25) is 14.9 Å². The Morgan fingerprint density at radius 2 is 1.73 bits per heavy atom. The Morgan fingerprint density at radius 3 is 2.32 bits per heavy atom. The lowest BCUT2D eigenvalue weighted by Crippen LogP contribution is -2.41. The minimum Gasteiger partial charge on any atom is -0.351 e.